The molecule has 0 spiro atoms. The molecule has 0 fully saturated rings. The summed E-state index contributed by atoms with van der Waals surface area (Å²) in [7, 11) is 4.69. The molecule has 7 nitrogen and oxygen atoms in total. The van der Waals surface area contributed by atoms with Gasteiger partial charge in [-0.2, -0.15) is 0 Å². The number of rotatable bonds is 8. The summed E-state index contributed by atoms with van der Waals surface area (Å²) in [6.07, 6.45) is 0. The van der Waals surface area contributed by atoms with Gasteiger partial charge in [0.2, 0.25) is 5.75 Å². The molecule has 0 amide bonds. The van der Waals surface area contributed by atoms with Gasteiger partial charge in [0.25, 0.3) is 5.69 Å². The van der Waals surface area contributed by atoms with Gasteiger partial charge in [-0.15, -0.1) is 12.4 Å². The molecule has 0 saturated carbocycles. The van der Waals surface area contributed by atoms with Crippen LogP contribution in [-0.2, 0) is 13.1 Å². The Bertz CT molecular complexity index is 724. The molecule has 25 heavy (non-hydrogen) atoms. The van der Waals surface area contributed by atoms with Gasteiger partial charge in [-0.3, -0.25) is 10.1 Å². The second-order valence-electron chi connectivity index (χ2n) is 5.02. The number of nitro groups is 1. The van der Waals surface area contributed by atoms with Crippen LogP contribution in [0.4, 0.5) is 5.69 Å². The van der Waals surface area contributed by atoms with Crippen LogP contribution in [0.3, 0.4) is 0 Å². The Morgan fingerprint density at radius 1 is 1.00 bits per heavy atom. The van der Waals surface area contributed by atoms with E-state index in [2.05, 4.69) is 5.32 Å². The number of halogens is 1. The first-order valence-corrected chi connectivity index (χ1v) is 7.32. The van der Waals surface area contributed by atoms with Gasteiger partial charge >= 0.3 is 0 Å². The minimum absolute atomic E-state index is 0. The van der Waals surface area contributed by atoms with Gasteiger partial charge in [-0.05, 0) is 11.6 Å². The summed E-state index contributed by atoms with van der Waals surface area (Å²) in [6.45, 7) is 1.02. The molecular weight excluding hydrogens is 348 g/mol. The summed E-state index contributed by atoms with van der Waals surface area (Å²) in [6, 6.07) is 10.2. The van der Waals surface area contributed by atoms with E-state index in [9.17, 15) is 10.1 Å². The number of non-ortho nitro benzene ring substituents is 1. The summed E-state index contributed by atoms with van der Waals surface area (Å²) in [5.41, 5.74) is 1.82. The Morgan fingerprint density at radius 3 is 2.32 bits per heavy atom. The van der Waals surface area contributed by atoms with Crippen molar-refractivity contribution in [3.8, 4) is 17.2 Å². The van der Waals surface area contributed by atoms with Crippen LogP contribution in [0.25, 0.3) is 0 Å². The van der Waals surface area contributed by atoms with Crippen molar-refractivity contribution >= 4 is 18.1 Å². The Labute approximate surface area is 152 Å². The molecule has 2 rings (SSSR count). The molecule has 0 bridgehead atoms. The van der Waals surface area contributed by atoms with Crippen LogP contribution in [0.1, 0.15) is 11.1 Å². The van der Waals surface area contributed by atoms with Gasteiger partial charge < -0.3 is 19.5 Å². The third kappa shape index (κ3) is 4.98. The Morgan fingerprint density at radius 2 is 1.72 bits per heavy atom. The fourth-order valence-corrected chi connectivity index (χ4v) is 2.42. The predicted molar refractivity (Wildman–Crippen MR) is 97.0 cm³/mol. The summed E-state index contributed by atoms with van der Waals surface area (Å²) in [4.78, 5) is 10.4. The molecule has 136 valence electrons. The van der Waals surface area contributed by atoms with E-state index in [1.54, 1.807) is 33.5 Å². The fraction of sp³-hybridized carbons (Fsp3) is 0.294. The first-order chi connectivity index (χ1) is 11.6. The molecule has 0 unspecified atom stereocenters. The van der Waals surface area contributed by atoms with Crippen LogP contribution in [0, 0.1) is 10.1 Å². The van der Waals surface area contributed by atoms with Gasteiger partial charge in [0.1, 0.15) is 0 Å². The number of methoxy groups -OCH3 is 3. The van der Waals surface area contributed by atoms with E-state index in [0.717, 1.165) is 11.1 Å². The predicted octanol–water partition coefficient (Wildman–Crippen LogP) is 3.33. The minimum atomic E-state index is -0.402. The molecule has 0 heterocycles. The van der Waals surface area contributed by atoms with E-state index in [1.165, 1.54) is 6.07 Å². The molecule has 0 radical (unpaired) electrons. The quantitative estimate of drug-likeness (QED) is 0.568. The Balaban J connectivity index is 0.00000312. The molecule has 8 heteroatoms. The van der Waals surface area contributed by atoms with Crippen molar-refractivity contribution in [1.29, 1.82) is 0 Å². The topological polar surface area (TPSA) is 82.9 Å². The molecule has 0 aliphatic carbocycles. The zero-order valence-corrected chi connectivity index (χ0v) is 15.1. The zero-order chi connectivity index (χ0) is 17.5. The second-order valence-corrected chi connectivity index (χ2v) is 5.02. The lowest BCUT2D eigenvalue weighted by Crippen LogP contribution is -2.14. The van der Waals surface area contributed by atoms with Crippen LogP contribution >= 0.6 is 12.4 Å². The maximum atomic E-state index is 10.8. The van der Waals surface area contributed by atoms with Gasteiger partial charge in [0, 0.05) is 30.8 Å². The van der Waals surface area contributed by atoms with E-state index in [1.807, 2.05) is 18.2 Å². The molecular formula is C17H21ClN2O5. The van der Waals surface area contributed by atoms with Crippen molar-refractivity contribution in [3.05, 3.63) is 57.6 Å². The number of nitrogens with one attached hydrogen (secondary N) is 1. The van der Waals surface area contributed by atoms with Crippen molar-refractivity contribution < 1.29 is 19.1 Å². The minimum Gasteiger partial charge on any atom is -0.493 e. The highest BCUT2D eigenvalue weighted by Crippen LogP contribution is 2.39. The smallest absolute Gasteiger partial charge is 0.269 e. The third-order valence-electron chi connectivity index (χ3n) is 3.55. The van der Waals surface area contributed by atoms with Crippen molar-refractivity contribution in [2.45, 2.75) is 13.1 Å². The highest BCUT2D eigenvalue weighted by atomic mass is 35.5. The molecule has 1 N–H and O–H groups in total. The van der Waals surface area contributed by atoms with Crippen molar-refractivity contribution in [1.82, 2.24) is 5.32 Å². The summed E-state index contributed by atoms with van der Waals surface area (Å²) >= 11 is 0. The molecule has 0 aliphatic heterocycles. The zero-order valence-electron chi connectivity index (χ0n) is 14.3. The van der Waals surface area contributed by atoms with E-state index in [0.29, 0.717) is 30.3 Å². The number of ether oxygens (including phenoxy) is 3. The van der Waals surface area contributed by atoms with Crippen LogP contribution in [0.5, 0.6) is 17.2 Å². The monoisotopic (exact) mass is 368 g/mol. The highest BCUT2D eigenvalue weighted by Gasteiger charge is 2.15. The molecule has 0 aromatic heterocycles. The number of hydrogen-bond donors (Lipinski definition) is 1. The molecule has 0 aliphatic rings. The lowest BCUT2D eigenvalue weighted by molar-refractivity contribution is -0.384. The van der Waals surface area contributed by atoms with E-state index in [4.69, 9.17) is 14.2 Å². The number of hydrogen-bond acceptors (Lipinski definition) is 6. The van der Waals surface area contributed by atoms with Gasteiger partial charge in [-0.1, -0.05) is 18.2 Å². The SMILES string of the molecule is COc1ccc(CNCc2cccc([N+](=O)[O-])c2)c(OC)c1OC.Cl. The highest BCUT2D eigenvalue weighted by molar-refractivity contribution is 5.85. The Kier molecular flexibility index (Phi) is 7.97. The number of nitro benzene ring substituents is 1. The van der Waals surface area contributed by atoms with Gasteiger partial charge in [0.05, 0.1) is 26.3 Å². The maximum absolute atomic E-state index is 10.8. The lowest BCUT2D eigenvalue weighted by atomic mass is 10.1. The van der Waals surface area contributed by atoms with Gasteiger partial charge in [0.15, 0.2) is 11.5 Å². The molecule has 0 atom stereocenters. The van der Waals surface area contributed by atoms with Gasteiger partial charge in [-0.25, -0.2) is 0 Å². The summed E-state index contributed by atoms with van der Waals surface area (Å²) in [5, 5.41) is 14.1. The number of benzene rings is 2. The number of nitrogens with zero attached hydrogens (tertiary/aromatic N) is 1. The summed E-state index contributed by atoms with van der Waals surface area (Å²) in [5.74, 6) is 1.73. The fourth-order valence-electron chi connectivity index (χ4n) is 2.42. The van der Waals surface area contributed by atoms with Crippen LogP contribution in [0.2, 0.25) is 0 Å². The normalized spacial score (nSPS) is 9.88. The van der Waals surface area contributed by atoms with E-state index in [-0.39, 0.29) is 18.1 Å². The second kappa shape index (κ2) is 9.71. The Hall–Kier alpha value is -2.51. The molecule has 0 saturated heterocycles. The average molecular weight is 369 g/mol. The maximum Gasteiger partial charge on any atom is 0.269 e. The molecule has 2 aromatic carbocycles. The van der Waals surface area contributed by atoms with Crippen molar-refractivity contribution in [2.24, 2.45) is 0 Å². The van der Waals surface area contributed by atoms with Crippen LogP contribution in [-0.4, -0.2) is 26.3 Å². The standard InChI is InChI=1S/C17H20N2O5.ClH/c1-22-15-8-7-13(16(23-2)17(15)24-3)11-18-10-12-5-4-6-14(9-12)19(20)21;/h4-9,18H,10-11H2,1-3H3;1H. The third-order valence-corrected chi connectivity index (χ3v) is 3.55. The first kappa shape index (κ1) is 20.5. The average Bonchev–Trinajstić information content (AvgIpc) is 2.61. The van der Waals surface area contributed by atoms with Crippen LogP contribution < -0.4 is 19.5 Å². The molecule has 2 aromatic rings. The van der Waals surface area contributed by atoms with Crippen LogP contribution in [0.15, 0.2) is 36.4 Å². The lowest BCUT2D eigenvalue weighted by Gasteiger charge is -2.16. The summed E-state index contributed by atoms with van der Waals surface area (Å²) < 4.78 is 16.0. The largest absolute Gasteiger partial charge is 0.493 e. The van der Waals surface area contributed by atoms with E-state index >= 15 is 0 Å². The van der Waals surface area contributed by atoms with Crippen molar-refractivity contribution in [3.63, 3.8) is 0 Å². The first-order valence-electron chi connectivity index (χ1n) is 7.32. The van der Waals surface area contributed by atoms with E-state index < -0.39 is 4.92 Å². The van der Waals surface area contributed by atoms with Crippen molar-refractivity contribution in [2.75, 3.05) is 21.3 Å².